The molecule has 0 bridgehead atoms. The first-order valence-corrected chi connectivity index (χ1v) is 8.31. The van der Waals surface area contributed by atoms with Crippen molar-refractivity contribution in [2.24, 2.45) is 5.92 Å². The van der Waals surface area contributed by atoms with Gasteiger partial charge in [0.1, 0.15) is 0 Å². The van der Waals surface area contributed by atoms with E-state index in [0.717, 1.165) is 5.92 Å². The Morgan fingerprint density at radius 2 is 1.94 bits per heavy atom. The van der Waals surface area contributed by atoms with E-state index in [4.69, 9.17) is 0 Å². The molecule has 2 aliphatic rings. The minimum atomic E-state index is 0.572. The monoisotopic (exact) mass is 261 g/mol. The van der Waals surface area contributed by atoms with Crippen molar-refractivity contribution < 1.29 is 0 Å². The van der Waals surface area contributed by atoms with Crippen LogP contribution in [0.25, 0.3) is 0 Å². The third kappa shape index (κ3) is 2.60. The third-order valence-corrected chi connectivity index (χ3v) is 5.70. The van der Waals surface area contributed by atoms with Gasteiger partial charge in [-0.05, 0) is 37.3 Å². The molecule has 1 aliphatic heterocycles. The smallest absolute Gasteiger partial charge is 0.0428 e. The summed E-state index contributed by atoms with van der Waals surface area (Å²) in [7, 11) is 0. The van der Waals surface area contributed by atoms with E-state index in [1.54, 1.807) is 0 Å². The molecule has 1 nitrogen and oxygen atoms in total. The summed E-state index contributed by atoms with van der Waals surface area (Å²) in [4.78, 5) is 1.48. The molecule has 1 unspecified atom stereocenters. The molecule has 0 spiro atoms. The summed E-state index contributed by atoms with van der Waals surface area (Å²) >= 11 is 2.00. The highest BCUT2D eigenvalue weighted by molar-refractivity contribution is 7.99. The van der Waals surface area contributed by atoms with Crippen LogP contribution in [0, 0.1) is 5.92 Å². The fourth-order valence-electron chi connectivity index (χ4n) is 3.39. The number of hydrogen-bond donors (Lipinski definition) is 1. The Morgan fingerprint density at radius 1 is 1.17 bits per heavy atom. The molecule has 18 heavy (non-hydrogen) atoms. The van der Waals surface area contributed by atoms with Gasteiger partial charge in [-0.25, -0.2) is 0 Å². The lowest BCUT2D eigenvalue weighted by Crippen LogP contribution is -2.37. The Labute approximate surface area is 115 Å². The zero-order valence-electron chi connectivity index (χ0n) is 11.2. The minimum Gasteiger partial charge on any atom is -0.306 e. The van der Waals surface area contributed by atoms with Crippen molar-refractivity contribution in [1.29, 1.82) is 0 Å². The van der Waals surface area contributed by atoms with E-state index in [2.05, 4.69) is 36.5 Å². The Balaban J connectivity index is 1.63. The fourth-order valence-corrected chi connectivity index (χ4v) is 4.56. The van der Waals surface area contributed by atoms with Gasteiger partial charge in [-0.2, -0.15) is 0 Å². The number of rotatable bonds is 3. The molecule has 1 aromatic rings. The van der Waals surface area contributed by atoms with Gasteiger partial charge in [-0.3, -0.25) is 0 Å². The van der Waals surface area contributed by atoms with Crippen molar-refractivity contribution >= 4 is 11.8 Å². The van der Waals surface area contributed by atoms with Gasteiger partial charge in [-0.15, -0.1) is 11.8 Å². The normalized spacial score (nSPS) is 25.9. The second kappa shape index (κ2) is 5.66. The fraction of sp³-hybridized carbons (Fsp3) is 0.625. The zero-order chi connectivity index (χ0) is 12.4. The largest absolute Gasteiger partial charge is 0.306 e. The molecule has 0 aromatic heterocycles. The van der Waals surface area contributed by atoms with Crippen LogP contribution in [0.2, 0.25) is 0 Å². The molecule has 1 fully saturated rings. The Hall–Kier alpha value is -0.470. The number of fused-ring (bicyclic) bond motifs is 1. The second-order valence-corrected chi connectivity index (χ2v) is 6.82. The lowest BCUT2D eigenvalue weighted by molar-refractivity contribution is 0.269. The molecule has 1 aromatic carbocycles. The molecule has 0 saturated heterocycles. The first-order chi connectivity index (χ1) is 8.84. The molecular formula is C16H23NS. The summed E-state index contributed by atoms with van der Waals surface area (Å²) in [5.41, 5.74) is 1.52. The van der Waals surface area contributed by atoms with Crippen molar-refractivity contribution in [2.75, 3.05) is 5.75 Å². The van der Waals surface area contributed by atoms with Crippen LogP contribution < -0.4 is 5.32 Å². The second-order valence-electron chi connectivity index (χ2n) is 5.75. The molecule has 2 heteroatoms. The maximum absolute atomic E-state index is 3.88. The zero-order valence-corrected chi connectivity index (χ0v) is 12.0. The summed E-state index contributed by atoms with van der Waals surface area (Å²) in [5, 5.41) is 3.88. The van der Waals surface area contributed by atoms with Crippen LogP contribution >= 0.6 is 11.8 Å². The van der Waals surface area contributed by atoms with Gasteiger partial charge in [0.15, 0.2) is 0 Å². The van der Waals surface area contributed by atoms with Crippen molar-refractivity contribution in [1.82, 2.24) is 5.32 Å². The number of thioether (sulfide) groups is 1. The third-order valence-electron chi connectivity index (χ3n) is 4.52. The van der Waals surface area contributed by atoms with E-state index >= 15 is 0 Å². The summed E-state index contributed by atoms with van der Waals surface area (Å²) in [6.07, 6.45) is 7.18. The van der Waals surface area contributed by atoms with Gasteiger partial charge in [0, 0.05) is 22.7 Å². The minimum absolute atomic E-state index is 0.572. The van der Waals surface area contributed by atoms with E-state index in [9.17, 15) is 0 Å². The predicted molar refractivity (Wildman–Crippen MR) is 79.1 cm³/mol. The van der Waals surface area contributed by atoms with Gasteiger partial charge in [0.2, 0.25) is 0 Å². The topological polar surface area (TPSA) is 12.0 Å². The molecule has 3 rings (SSSR count). The van der Waals surface area contributed by atoms with E-state index in [0.29, 0.717) is 12.1 Å². The predicted octanol–water partition coefficient (Wildman–Crippen LogP) is 4.39. The highest BCUT2D eigenvalue weighted by atomic mass is 32.2. The van der Waals surface area contributed by atoms with Crippen molar-refractivity contribution in [3.63, 3.8) is 0 Å². The molecule has 1 aliphatic carbocycles. The molecule has 1 N–H and O–H groups in total. The average Bonchev–Trinajstić information content (AvgIpc) is 2.83. The molecule has 0 radical (unpaired) electrons. The molecular weight excluding hydrogens is 238 g/mol. The van der Waals surface area contributed by atoms with E-state index in [1.165, 1.54) is 48.3 Å². The van der Waals surface area contributed by atoms with E-state index in [1.807, 2.05) is 11.8 Å². The first kappa shape index (κ1) is 12.6. The Bertz CT molecular complexity index is 398. The van der Waals surface area contributed by atoms with Crippen LogP contribution in [-0.2, 0) is 0 Å². The van der Waals surface area contributed by atoms with Crippen LogP contribution in [0.4, 0.5) is 0 Å². The maximum Gasteiger partial charge on any atom is 0.0428 e. The number of benzene rings is 1. The van der Waals surface area contributed by atoms with Crippen LogP contribution in [0.5, 0.6) is 0 Å². The summed E-state index contributed by atoms with van der Waals surface area (Å²) in [6, 6.07) is 10.1. The molecule has 0 amide bonds. The molecule has 98 valence electrons. The Morgan fingerprint density at radius 3 is 2.78 bits per heavy atom. The van der Waals surface area contributed by atoms with E-state index in [-0.39, 0.29) is 0 Å². The summed E-state index contributed by atoms with van der Waals surface area (Å²) < 4.78 is 0. The van der Waals surface area contributed by atoms with Crippen molar-refractivity contribution in [2.45, 2.75) is 56.0 Å². The van der Waals surface area contributed by atoms with Crippen LogP contribution in [-0.4, -0.2) is 11.8 Å². The van der Waals surface area contributed by atoms with Crippen LogP contribution in [0.1, 0.15) is 50.6 Å². The lowest BCUT2D eigenvalue weighted by atomic mass is 9.84. The lowest BCUT2D eigenvalue weighted by Gasteiger charge is -2.30. The molecule has 2 atom stereocenters. The quantitative estimate of drug-likeness (QED) is 0.866. The van der Waals surface area contributed by atoms with Crippen LogP contribution in [0.15, 0.2) is 29.2 Å². The van der Waals surface area contributed by atoms with Crippen molar-refractivity contribution in [3.05, 3.63) is 29.8 Å². The van der Waals surface area contributed by atoms with Crippen LogP contribution in [0.3, 0.4) is 0 Å². The van der Waals surface area contributed by atoms with E-state index < -0.39 is 0 Å². The van der Waals surface area contributed by atoms with Gasteiger partial charge < -0.3 is 5.32 Å². The standard InChI is InChI=1S/C16H23NS/c1-12(13-7-3-2-4-8-13)17-15-11-18-16-10-6-5-9-14(15)16/h5-6,9-10,12-13,15,17H,2-4,7-8,11H2,1H3/t12-,15?/m1/s1. The first-order valence-electron chi connectivity index (χ1n) is 7.32. The van der Waals surface area contributed by atoms with Gasteiger partial charge in [0.05, 0.1) is 0 Å². The SMILES string of the molecule is C[C@@H](NC1CSc2ccccc21)C1CCCCC1. The molecule has 1 saturated carbocycles. The highest BCUT2D eigenvalue weighted by Crippen LogP contribution is 2.38. The van der Waals surface area contributed by atoms with Gasteiger partial charge in [0.25, 0.3) is 0 Å². The van der Waals surface area contributed by atoms with Gasteiger partial charge >= 0.3 is 0 Å². The molecule has 1 heterocycles. The van der Waals surface area contributed by atoms with Crippen molar-refractivity contribution in [3.8, 4) is 0 Å². The highest BCUT2D eigenvalue weighted by Gasteiger charge is 2.27. The Kier molecular flexibility index (Phi) is 3.95. The number of nitrogens with one attached hydrogen (secondary N) is 1. The van der Waals surface area contributed by atoms with Gasteiger partial charge in [-0.1, -0.05) is 37.5 Å². The maximum atomic E-state index is 3.88. The number of hydrogen-bond acceptors (Lipinski definition) is 2. The average molecular weight is 261 g/mol. The summed E-state index contributed by atoms with van der Waals surface area (Å²) in [6.45, 7) is 2.39. The summed E-state index contributed by atoms with van der Waals surface area (Å²) in [5.74, 6) is 2.10.